The van der Waals surface area contributed by atoms with Gasteiger partial charge in [0, 0.05) is 12.1 Å². The molecule has 3 nitrogen and oxygen atoms in total. The van der Waals surface area contributed by atoms with Gasteiger partial charge in [-0.25, -0.2) is 4.39 Å². The van der Waals surface area contributed by atoms with E-state index in [1.807, 2.05) is 6.92 Å². The van der Waals surface area contributed by atoms with E-state index in [1.54, 1.807) is 0 Å². The number of hydrogen-bond donors (Lipinski definition) is 0. The van der Waals surface area contributed by atoms with Gasteiger partial charge in [-0.05, 0) is 41.1 Å². The highest BCUT2D eigenvalue weighted by atomic mass is 79.9. The van der Waals surface area contributed by atoms with E-state index in [9.17, 15) is 9.18 Å². The molecule has 0 saturated carbocycles. The Bertz CT molecular complexity index is 612. The van der Waals surface area contributed by atoms with Crippen LogP contribution < -0.4 is 0 Å². The summed E-state index contributed by atoms with van der Waals surface area (Å²) in [5.74, 6) is -0.693. The zero-order valence-electron chi connectivity index (χ0n) is 9.45. The molecular weight excluding hydrogens is 322 g/mol. The van der Waals surface area contributed by atoms with Crippen molar-refractivity contribution in [3.63, 3.8) is 0 Å². The number of halogens is 3. The van der Waals surface area contributed by atoms with E-state index in [1.165, 1.54) is 29.1 Å². The maximum Gasteiger partial charge on any atom is 0.212 e. The Morgan fingerprint density at radius 2 is 2.28 bits per heavy atom. The number of aromatic nitrogens is 2. The molecule has 0 fully saturated rings. The number of rotatable bonds is 3. The van der Waals surface area contributed by atoms with Crippen LogP contribution in [0.2, 0.25) is 5.02 Å². The van der Waals surface area contributed by atoms with Gasteiger partial charge in [0.1, 0.15) is 11.5 Å². The molecule has 94 valence electrons. The molecule has 0 N–H and O–H groups in total. The normalized spacial score (nSPS) is 10.7. The topological polar surface area (TPSA) is 34.9 Å². The lowest BCUT2D eigenvalue weighted by Crippen LogP contribution is -2.11. The molecule has 1 heterocycles. The van der Waals surface area contributed by atoms with E-state index >= 15 is 0 Å². The fourth-order valence-electron chi connectivity index (χ4n) is 1.60. The fourth-order valence-corrected chi connectivity index (χ4v) is 2.21. The average molecular weight is 332 g/mol. The summed E-state index contributed by atoms with van der Waals surface area (Å²) in [6.45, 7) is 2.40. The minimum Gasteiger partial charge on any atom is -0.287 e. The molecule has 0 aliphatic heterocycles. The highest BCUT2D eigenvalue weighted by Gasteiger charge is 2.19. The van der Waals surface area contributed by atoms with Crippen molar-refractivity contribution in [3.05, 3.63) is 51.0 Å². The molecule has 2 aromatic rings. The summed E-state index contributed by atoms with van der Waals surface area (Å²) in [4.78, 5) is 12.3. The second-order valence-electron chi connectivity index (χ2n) is 3.61. The lowest BCUT2D eigenvalue weighted by Gasteiger charge is -2.05. The highest BCUT2D eigenvalue weighted by molar-refractivity contribution is 9.10. The van der Waals surface area contributed by atoms with Crippen LogP contribution in [0.25, 0.3) is 0 Å². The van der Waals surface area contributed by atoms with Gasteiger partial charge in [0.2, 0.25) is 5.78 Å². The Morgan fingerprint density at radius 3 is 2.89 bits per heavy atom. The Labute approximate surface area is 117 Å². The molecule has 0 aliphatic carbocycles. The number of carbonyl (C=O) groups excluding carboxylic acids is 1. The molecule has 0 unspecified atom stereocenters. The summed E-state index contributed by atoms with van der Waals surface area (Å²) in [7, 11) is 0. The van der Waals surface area contributed by atoms with Gasteiger partial charge in [-0.15, -0.1) is 0 Å². The third-order valence-corrected chi connectivity index (χ3v) is 3.38. The van der Waals surface area contributed by atoms with Crippen LogP contribution in [0.3, 0.4) is 0 Å². The lowest BCUT2D eigenvalue weighted by molar-refractivity contribution is 0.102. The standard InChI is InChI=1S/C12H9BrClFN2O/c1-2-17-11(9(14)6-16-17)12(18)7-3-4-10(15)8(13)5-7/h3-6H,2H2,1H3. The van der Waals surface area contributed by atoms with Gasteiger partial charge in [0.15, 0.2) is 0 Å². The van der Waals surface area contributed by atoms with Gasteiger partial charge in [-0.1, -0.05) is 11.6 Å². The molecule has 1 aromatic carbocycles. The van der Waals surface area contributed by atoms with Crippen molar-refractivity contribution in [1.29, 1.82) is 0 Å². The number of hydrogen-bond acceptors (Lipinski definition) is 2. The van der Waals surface area contributed by atoms with Crippen LogP contribution in [0.1, 0.15) is 23.0 Å². The molecule has 2 rings (SSSR count). The predicted octanol–water partition coefficient (Wildman–Crippen LogP) is 3.69. The van der Waals surface area contributed by atoms with Crippen molar-refractivity contribution in [2.24, 2.45) is 0 Å². The van der Waals surface area contributed by atoms with Gasteiger partial charge in [0.05, 0.1) is 15.7 Å². The predicted molar refractivity (Wildman–Crippen MR) is 70.4 cm³/mol. The first-order valence-corrected chi connectivity index (χ1v) is 6.42. The maximum absolute atomic E-state index is 13.1. The lowest BCUT2D eigenvalue weighted by atomic mass is 10.1. The fraction of sp³-hybridized carbons (Fsp3) is 0.167. The van der Waals surface area contributed by atoms with Gasteiger partial charge < -0.3 is 0 Å². The zero-order chi connectivity index (χ0) is 13.3. The van der Waals surface area contributed by atoms with Gasteiger partial charge in [-0.2, -0.15) is 5.10 Å². The van der Waals surface area contributed by atoms with Crippen LogP contribution in [0.4, 0.5) is 4.39 Å². The van der Waals surface area contributed by atoms with Crippen LogP contribution >= 0.6 is 27.5 Å². The SMILES string of the molecule is CCn1ncc(Cl)c1C(=O)c1ccc(F)c(Br)c1. The third kappa shape index (κ3) is 2.33. The van der Waals surface area contributed by atoms with E-state index < -0.39 is 5.82 Å². The van der Waals surface area contributed by atoms with Crippen molar-refractivity contribution in [2.75, 3.05) is 0 Å². The summed E-state index contributed by atoms with van der Waals surface area (Å²) in [6, 6.07) is 4.09. The van der Waals surface area contributed by atoms with E-state index in [0.29, 0.717) is 22.8 Å². The number of carbonyl (C=O) groups is 1. The van der Waals surface area contributed by atoms with Gasteiger partial charge >= 0.3 is 0 Å². The Balaban J connectivity index is 2.47. The number of nitrogens with zero attached hydrogens (tertiary/aromatic N) is 2. The summed E-state index contributed by atoms with van der Waals surface area (Å²) < 4.78 is 14.9. The average Bonchev–Trinajstić information content (AvgIpc) is 2.73. The number of benzene rings is 1. The summed E-state index contributed by atoms with van der Waals surface area (Å²) in [6.07, 6.45) is 1.43. The molecule has 0 amide bonds. The van der Waals surface area contributed by atoms with Crippen molar-refractivity contribution in [1.82, 2.24) is 9.78 Å². The van der Waals surface area contributed by atoms with Crippen molar-refractivity contribution < 1.29 is 9.18 Å². The van der Waals surface area contributed by atoms with Gasteiger partial charge in [-0.3, -0.25) is 9.48 Å². The first kappa shape index (κ1) is 13.2. The summed E-state index contributed by atoms with van der Waals surface area (Å²) in [5, 5.41) is 4.29. The van der Waals surface area contributed by atoms with Gasteiger partial charge in [0.25, 0.3) is 0 Å². The molecule has 0 radical (unpaired) electrons. The third-order valence-electron chi connectivity index (χ3n) is 2.49. The quantitative estimate of drug-likeness (QED) is 0.804. The van der Waals surface area contributed by atoms with E-state index in [0.717, 1.165) is 0 Å². The van der Waals surface area contributed by atoms with Crippen LogP contribution in [-0.2, 0) is 6.54 Å². The zero-order valence-corrected chi connectivity index (χ0v) is 11.8. The molecule has 6 heteroatoms. The van der Waals surface area contributed by atoms with Crippen LogP contribution in [0.15, 0.2) is 28.9 Å². The molecular formula is C12H9BrClFN2O. The molecule has 0 bridgehead atoms. The molecule has 0 aliphatic rings. The van der Waals surface area contributed by atoms with Crippen molar-refractivity contribution >= 4 is 33.3 Å². The molecule has 18 heavy (non-hydrogen) atoms. The Hall–Kier alpha value is -1.20. The van der Waals surface area contributed by atoms with E-state index in [2.05, 4.69) is 21.0 Å². The van der Waals surface area contributed by atoms with Crippen LogP contribution in [-0.4, -0.2) is 15.6 Å². The molecule has 0 saturated heterocycles. The smallest absolute Gasteiger partial charge is 0.212 e. The summed E-state index contributed by atoms with van der Waals surface area (Å²) >= 11 is 9.00. The van der Waals surface area contributed by atoms with E-state index in [4.69, 9.17) is 11.6 Å². The maximum atomic E-state index is 13.1. The van der Waals surface area contributed by atoms with Crippen LogP contribution in [0.5, 0.6) is 0 Å². The molecule has 1 aromatic heterocycles. The monoisotopic (exact) mass is 330 g/mol. The molecule has 0 spiro atoms. The van der Waals surface area contributed by atoms with Crippen molar-refractivity contribution in [2.45, 2.75) is 13.5 Å². The second-order valence-corrected chi connectivity index (χ2v) is 4.88. The van der Waals surface area contributed by atoms with Crippen molar-refractivity contribution in [3.8, 4) is 0 Å². The molecule has 0 atom stereocenters. The van der Waals surface area contributed by atoms with Crippen LogP contribution in [0, 0.1) is 5.82 Å². The Kier molecular flexibility index (Phi) is 3.82. The minimum absolute atomic E-state index is 0.243. The highest BCUT2D eigenvalue weighted by Crippen LogP contribution is 2.22. The second kappa shape index (κ2) is 5.20. The first-order valence-electron chi connectivity index (χ1n) is 5.25. The Morgan fingerprint density at radius 1 is 1.56 bits per heavy atom. The first-order chi connectivity index (χ1) is 8.54. The summed E-state index contributed by atoms with van der Waals surface area (Å²) in [5.41, 5.74) is 0.679. The van der Waals surface area contributed by atoms with E-state index in [-0.39, 0.29) is 10.3 Å². The minimum atomic E-state index is -0.415. The number of ketones is 1. The number of aryl methyl sites for hydroxylation is 1. The largest absolute Gasteiger partial charge is 0.287 e.